The van der Waals surface area contributed by atoms with Crippen LogP contribution in [0, 0.1) is 5.41 Å². The monoisotopic (exact) mass is 246 g/mol. The summed E-state index contributed by atoms with van der Waals surface area (Å²) in [6.45, 7) is 4.95. The van der Waals surface area contributed by atoms with Gasteiger partial charge in [0, 0.05) is 30.9 Å². The Bertz CT molecular complexity index is 371. The molecule has 3 heteroatoms. The maximum absolute atomic E-state index is 11.4. The molecule has 1 heterocycles. The van der Waals surface area contributed by atoms with Gasteiger partial charge in [0.25, 0.3) is 0 Å². The quantitative estimate of drug-likeness (QED) is 0.723. The third-order valence-corrected chi connectivity index (χ3v) is 3.99. The summed E-state index contributed by atoms with van der Waals surface area (Å²) in [6, 6.07) is 4.09. The summed E-state index contributed by atoms with van der Waals surface area (Å²) in [7, 11) is 0. The highest BCUT2D eigenvalue weighted by molar-refractivity contribution is 5.60. The lowest BCUT2D eigenvalue weighted by atomic mass is 9.87. The van der Waals surface area contributed by atoms with Gasteiger partial charge in [-0.15, -0.1) is 0 Å². The van der Waals surface area contributed by atoms with Crippen molar-refractivity contribution in [3.63, 3.8) is 0 Å². The molecule has 0 unspecified atom stereocenters. The second kappa shape index (κ2) is 6.10. The molecule has 0 saturated heterocycles. The molecule has 0 amide bonds. The molecule has 3 nitrogen and oxygen atoms in total. The first-order valence-electron chi connectivity index (χ1n) is 6.85. The van der Waals surface area contributed by atoms with E-state index in [2.05, 4.69) is 16.8 Å². The Balaban J connectivity index is 1.99. The molecule has 0 N–H and O–H groups in total. The van der Waals surface area contributed by atoms with Gasteiger partial charge in [-0.2, -0.15) is 0 Å². The van der Waals surface area contributed by atoms with E-state index in [-0.39, 0.29) is 5.41 Å². The Hall–Kier alpha value is -1.22. The Morgan fingerprint density at radius 3 is 2.56 bits per heavy atom. The lowest BCUT2D eigenvalue weighted by molar-refractivity contribution is -0.117. The van der Waals surface area contributed by atoms with Crippen molar-refractivity contribution in [3.8, 4) is 0 Å². The van der Waals surface area contributed by atoms with Crippen molar-refractivity contribution in [3.05, 3.63) is 30.1 Å². The van der Waals surface area contributed by atoms with Gasteiger partial charge in [0.2, 0.25) is 0 Å². The van der Waals surface area contributed by atoms with E-state index in [0.717, 1.165) is 32.5 Å². The number of pyridine rings is 1. The Morgan fingerprint density at radius 2 is 2.00 bits per heavy atom. The number of hydrogen-bond donors (Lipinski definition) is 0. The molecule has 0 radical (unpaired) electrons. The highest BCUT2D eigenvalue weighted by Crippen LogP contribution is 2.37. The van der Waals surface area contributed by atoms with E-state index < -0.39 is 0 Å². The zero-order valence-electron chi connectivity index (χ0n) is 11.1. The molecule has 98 valence electrons. The summed E-state index contributed by atoms with van der Waals surface area (Å²) in [5.74, 6) is 0. The van der Waals surface area contributed by atoms with E-state index in [1.54, 1.807) is 0 Å². The smallest absolute Gasteiger partial charge is 0.127 e. The van der Waals surface area contributed by atoms with Crippen LogP contribution in [-0.4, -0.2) is 29.3 Å². The minimum absolute atomic E-state index is 0.0803. The lowest BCUT2D eigenvalue weighted by Gasteiger charge is -2.30. The summed E-state index contributed by atoms with van der Waals surface area (Å²) >= 11 is 0. The fraction of sp³-hybridized carbons (Fsp3) is 0.600. The molecule has 2 rings (SSSR count). The minimum atomic E-state index is -0.0803. The van der Waals surface area contributed by atoms with Crippen LogP contribution in [0.1, 0.15) is 38.2 Å². The Morgan fingerprint density at radius 1 is 1.33 bits per heavy atom. The van der Waals surface area contributed by atoms with Gasteiger partial charge in [-0.25, -0.2) is 0 Å². The number of nitrogens with zero attached hydrogens (tertiary/aromatic N) is 2. The highest BCUT2D eigenvalue weighted by atomic mass is 16.1. The number of carbonyl (C=O) groups is 1. The average Bonchev–Trinajstić information content (AvgIpc) is 2.88. The molecule has 0 bridgehead atoms. The lowest BCUT2D eigenvalue weighted by Crippen LogP contribution is -2.36. The van der Waals surface area contributed by atoms with Crippen LogP contribution in [0.15, 0.2) is 24.5 Å². The largest absolute Gasteiger partial charge is 0.303 e. The Kier molecular flexibility index (Phi) is 4.48. The number of rotatable bonds is 6. The molecule has 1 aliphatic carbocycles. The number of hydrogen-bond acceptors (Lipinski definition) is 3. The fourth-order valence-corrected chi connectivity index (χ4v) is 2.86. The van der Waals surface area contributed by atoms with Crippen LogP contribution in [0.2, 0.25) is 0 Å². The van der Waals surface area contributed by atoms with Crippen molar-refractivity contribution in [2.45, 2.75) is 39.2 Å². The van der Waals surface area contributed by atoms with Crippen molar-refractivity contribution in [2.75, 3.05) is 13.1 Å². The molecule has 18 heavy (non-hydrogen) atoms. The van der Waals surface area contributed by atoms with Gasteiger partial charge >= 0.3 is 0 Å². The van der Waals surface area contributed by atoms with Crippen molar-refractivity contribution in [1.29, 1.82) is 0 Å². The van der Waals surface area contributed by atoms with Crippen molar-refractivity contribution in [1.82, 2.24) is 9.88 Å². The number of carbonyl (C=O) groups excluding carboxylic acids is 1. The van der Waals surface area contributed by atoms with Crippen molar-refractivity contribution < 1.29 is 4.79 Å². The predicted octanol–water partition coefficient (Wildman–Crippen LogP) is 2.66. The summed E-state index contributed by atoms with van der Waals surface area (Å²) in [5, 5.41) is 0. The summed E-state index contributed by atoms with van der Waals surface area (Å²) in [4.78, 5) is 17.8. The molecule has 0 aliphatic heterocycles. The minimum Gasteiger partial charge on any atom is -0.303 e. The second-order valence-electron chi connectivity index (χ2n) is 5.35. The van der Waals surface area contributed by atoms with Crippen LogP contribution < -0.4 is 0 Å². The van der Waals surface area contributed by atoms with Gasteiger partial charge in [-0.1, -0.05) is 19.8 Å². The van der Waals surface area contributed by atoms with Crippen molar-refractivity contribution in [2.24, 2.45) is 5.41 Å². The molecule has 1 saturated carbocycles. The topological polar surface area (TPSA) is 33.2 Å². The van der Waals surface area contributed by atoms with Crippen LogP contribution in [0.3, 0.4) is 0 Å². The van der Waals surface area contributed by atoms with E-state index in [9.17, 15) is 4.79 Å². The molecular formula is C15H22N2O. The number of aromatic nitrogens is 1. The predicted molar refractivity (Wildman–Crippen MR) is 72.2 cm³/mol. The van der Waals surface area contributed by atoms with Gasteiger partial charge in [0.15, 0.2) is 0 Å². The van der Waals surface area contributed by atoms with Crippen LogP contribution >= 0.6 is 0 Å². The summed E-state index contributed by atoms with van der Waals surface area (Å²) in [5.41, 5.74) is 1.19. The zero-order chi connectivity index (χ0) is 12.8. The molecule has 1 aromatic heterocycles. The van der Waals surface area contributed by atoms with Crippen LogP contribution in [-0.2, 0) is 11.3 Å². The summed E-state index contributed by atoms with van der Waals surface area (Å²) in [6.07, 6.45) is 9.38. The zero-order valence-corrected chi connectivity index (χ0v) is 11.1. The van der Waals surface area contributed by atoms with E-state index >= 15 is 0 Å². The van der Waals surface area contributed by atoms with Gasteiger partial charge in [-0.05, 0) is 37.1 Å². The molecule has 0 spiro atoms. The Labute approximate surface area is 109 Å². The second-order valence-corrected chi connectivity index (χ2v) is 5.35. The van der Waals surface area contributed by atoms with Crippen LogP contribution in [0.4, 0.5) is 0 Å². The third kappa shape index (κ3) is 3.16. The first-order chi connectivity index (χ1) is 8.78. The van der Waals surface area contributed by atoms with Gasteiger partial charge in [-0.3, -0.25) is 9.88 Å². The van der Waals surface area contributed by atoms with E-state index in [1.165, 1.54) is 24.7 Å². The molecule has 0 atom stereocenters. The van der Waals surface area contributed by atoms with Crippen LogP contribution in [0.25, 0.3) is 0 Å². The average molecular weight is 246 g/mol. The molecule has 1 aliphatic rings. The van der Waals surface area contributed by atoms with Gasteiger partial charge < -0.3 is 4.79 Å². The third-order valence-electron chi connectivity index (χ3n) is 3.99. The van der Waals surface area contributed by atoms with E-state index in [1.807, 2.05) is 24.5 Å². The molecular weight excluding hydrogens is 224 g/mol. The normalized spacial score (nSPS) is 18.1. The fourth-order valence-electron chi connectivity index (χ4n) is 2.86. The van der Waals surface area contributed by atoms with Crippen molar-refractivity contribution >= 4 is 6.29 Å². The number of aldehydes is 1. The van der Waals surface area contributed by atoms with E-state index in [0.29, 0.717) is 0 Å². The van der Waals surface area contributed by atoms with Gasteiger partial charge in [0.05, 0.1) is 0 Å². The van der Waals surface area contributed by atoms with Crippen LogP contribution in [0.5, 0.6) is 0 Å². The maximum Gasteiger partial charge on any atom is 0.127 e. The summed E-state index contributed by atoms with van der Waals surface area (Å²) < 4.78 is 0. The van der Waals surface area contributed by atoms with E-state index in [4.69, 9.17) is 0 Å². The SMILES string of the molecule is CCN(Cc1ccncc1)CC1(C=O)CCCC1. The first-order valence-corrected chi connectivity index (χ1v) is 6.85. The molecule has 1 fully saturated rings. The highest BCUT2D eigenvalue weighted by Gasteiger charge is 2.34. The standard InChI is InChI=1S/C15H22N2O/c1-2-17(11-14-5-9-16-10-6-14)12-15(13-18)7-3-4-8-15/h5-6,9-10,13H,2-4,7-8,11-12H2,1H3. The molecule has 1 aromatic rings. The van der Waals surface area contributed by atoms with Gasteiger partial charge in [0.1, 0.15) is 6.29 Å². The molecule has 0 aromatic carbocycles. The first kappa shape index (κ1) is 13.2. The maximum atomic E-state index is 11.4.